The second kappa shape index (κ2) is 5.85. The highest BCUT2D eigenvalue weighted by molar-refractivity contribution is 7.80. The summed E-state index contributed by atoms with van der Waals surface area (Å²) in [7, 11) is 0. The standard InChI is InChI=1S/C16H18FN3S/c1-12-15-3-2-8-19(15)9-10-20(12)16(21)18-11-13-4-6-14(17)7-5-13/h2-8,12H,9-11H2,1H3,(H,18,21)/t12-/m1/s1. The molecule has 2 heterocycles. The van der Waals surface area contributed by atoms with Crippen molar-refractivity contribution in [2.24, 2.45) is 0 Å². The van der Waals surface area contributed by atoms with Crippen LogP contribution in [0.4, 0.5) is 4.39 Å². The lowest BCUT2D eigenvalue weighted by Crippen LogP contribution is -2.45. The Bertz CT molecular complexity index is 635. The van der Waals surface area contributed by atoms with Crippen LogP contribution >= 0.6 is 12.2 Å². The number of halogens is 1. The summed E-state index contributed by atoms with van der Waals surface area (Å²) in [5, 5.41) is 4.02. The molecule has 1 N–H and O–H groups in total. The molecule has 0 saturated carbocycles. The van der Waals surface area contributed by atoms with Crippen molar-refractivity contribution in [3.63, 3.8) is 0 Å². The predicted molar refractivity (Wildman–Crippen MR) is 85.4 cm³/mol. The number of fused-ring (bicyclic) bond motifs is 1. The van der Waals surface area contributed by atoms with E-state index in [4.69, 9.17) is 12.2 Å². The monoisotopic (exact) mass is 303 g/mol. The number of benzene rings is 1. The number of aromatic nitrogens is 1. The molecule has 1 aromatic carbocycles. The second-order valence-corrected chi connectivity index (χ2v) is 5.67. The lowest BCUT2D eigenvalue weighted by Gasteiger charge is -2.36. The van der Waals surface area contributed by atoms with Gasteiger partial charge in [0.15, 0.2) is 5.11 Å². The smallest absolute Gasteiger partial charge is 0.169 e. The molecule has 0 aliphatic carbocycles. The average molecular weight is 303 g/mol. The van der Waals surface area contributed by atoms with E-state index >= 15 is 0 Å². The number of hydrogen-bond donors (Lipinski definition) is 1. The molecule has 21 heavy (non-hydrogen) atoms. The minimum Gasteiger partial charge on any atom is -0.358 e. The highest BCUT2D eigenvalue weighted by Crippen LogP contribution is 2.25. The van der Waals surface area contributed by atoms with Crippen LogP contribution in [0.15, 0.2) is 42.6 Å². The quantitative estimate of drug-likeness (QED) is 0.861. The van der Waals surface area contributed by atoms with Gasteiger partial charge in [0, 0.05) is 31.5 Å². The Balaban J connectivity index is 1.62. The zero-order valence-corrected chi connectivity index (χ0v) is 12.7. The summed E-state index contributed by atoms with van der Waals surface area (Å²) in [6.45, 7) is 4.63. The molecule has 2 aromatic rings. The van der Waals surface area contributed by atoms with Crippen LogP contribution in [0.3, 0.4) is 0 Å². The van der Waals surface area contributed by atoms with Crippen molar-refractivity contribution in [3.05, 3.63) is 59.7 Å². The first kappa shape index (κ1) is 14.1. The number of thiocarbonyl (C=S) groups is 1. The first-order valence-electron chi connectivity index (χ1n) is 7.09. The Morgan fingerprint density at radius 2 is 2.05 bits per heavy atom. The van der Waals surface area contributed by atoms with E-state index in [0.29, 0.717) is 6.54 Å². The zero-order chi connectivity index (χ0) is 14.8. The van der Waals surface area contributed by atoms with E-state index in [-0.39, 0.29) is 11.9 Å². The minimum atomic E-state index is -0.216. The SMILES string of the molecule is C[C@@H]1c2cccn2CCN1C(=S)NCc1ccc(F)cc1. The highest BCUT2D eigenvalue weighted by atomic mass is 32.1. The van der Waals surface area contributed by atoms with Gasteiger partial charge in [0.25, 0.3) is 0 Å². The fourth-order valence-electron chi connectivity index (χ4n) is 2.74. The Morgan fingerprint density at radius 1 is 1.29 bits per heavy atom. The molecule has 0 radical (unpaired) electrons. The van der Waals surface area contributed by atoms with Gasteiger partial charge < -0.3 is 14.8 Å². The third kappa shape index (κ3) is 2.93. The fraction of sp³-hybridized carbons (Fsp3) is 0.312. The molecule has 0 fully saturated rings. The molecule has 5 heteroatoms. The van der Waals surface area contributed by atoms with E-state index in [1.807, 2.05) is 0 Å². The summed E-state index contributed by atoms with van der Waals surface area (Å²) in [6.07, 6.45) is 2.11. The normalized spacial score (nSPS) is 17.4. The molecule has 3 nitrogen and oxygen atoms in total. The zero-order valence-electron chi connectivity index (χ0n) is 11.9. The molecule has 0 bridgehead atoms. The van der Waals surface area contributed by atoms with Gasteiger partial charge in [-0.1, -0.05) is 12.1 Å². The number of hydrogen-bond acceptors (Lipinski definition) is 1. The van der Waals surface area contributed by atoms with Crippen molar-refractivity contribution in [1.82, 2.24) is 14.8 Å². The van der Waals surface area contributed by atoms with Gasteiger partial charge in [-0.15, -0.1) is 0 Å². The highest BCUT2D eigenvalue weighted by Gasteiger charge is 2.24. The second-order valence-electron chi connectivity index (χ2n) is 5.28. The van der Waals surface area contributed by atoms with Gasteiger partial charge in [-0.3, -0.25) is 0 Å². The van der Waals surface area contributed by atoms with Crippen LogP contribution in [-0.2, 0) is 13.1 Å². The van der Waals surface area contributed by atoms with Crippen molar-refractivity contribution in [2.45, 2.75) is 26.1 Å². The number of nitrogens with one attached hydrogen (secondary N) is 1. The summed E-state index contributed by atoms with van der Waals surface area (Å²) in [5.74, 6) is -0.216. The van der Waals surface area contributed by atoms with Crippen molar-refractivity contribution in [1.29, 1.82) is 0 Å². The first-order valence-corrected chi connectivity index (χ1v) is 7.50. The number of rotatable bonds is 2. The Labute approximate surface area is 129 Å². The molecule has 0 saturated heterocycles. The summed E-state index contributed by atoms with van der Waals surface area (Å²) in [6, 6.07) is 11.0. The summed E-state index contributed by atoms with van der Waals surface area (Å²) >= 11 is 5.51. The Morgan fingerprint density at radius 3 is 2.81 bits per heavy atom. The van der Waals surface area contributed by atoms with Crippen LogP contribution in [0.25, 0.3) is 0 Å². The molecule has 110 valence electrons. The van der Waals surface area contributed by atoms with E-state index in [9.17, 15) is 4.39 Å². The molecule has 1 aliphatic heterocycles. The molecular weight excluding hydrogens is 285 g/mol. The van der Waals surface area contributed by atoms with Crippen LogP contribution in [0.1, 0.15) is 24.2 Å². The largest absolute Gasteiger partial charge is 0.358 e. The lowest BCUT2D eigenvalue weighted by atomic mass is 10.1. The van der Waals surface area contributed by atoms with Crippen LogP contribution in [-0.4, -0.2) is 21.1 Å². The molecule has 0 spiro atoms. The summed E-state index contributed by atoms with van der Waals surface area (Å²) in [4.78, 5) is 2.20. The van der Waals surface area contributed by atoms with Crippen LogP contribution in [0, 0.1) is 5.82 Å². The van der Waals surface area contributed by atoms with E-state index in [0.717, 1.165) is 23.8 Å². The van der Waals surface area contributed by atoms with Gasteiger partial charge in [0.2, 0.25) is 0 Å². The topological polar surface area (TPSA) is 20.2 Å². The van der Waals surface area contributed by atoms with Crippen LogP contribution in [0.2, 0.25) is 0 Å². The van der Waals surface area contributed by atoms with Crippen molar-refractivity contribution < 1.29 is 4.39 Å². The predicted octanol–water partition coefficient (Wildman–Crippen LogP) is 3.08. The van der Waals surface area contributed by atoms with Crippen LogP contribution in [0.5, 0.6) is 0 Å². The maximum atomic E-state index is 12.9. The summed E-state index contributed by atoms with van der Waals surface area (Å²) in [5.41, 5.74) is 2.30. The van der Waals surface area contributed by atoms with E-state index in [2.05, 4.69) is 40.0 Å². The van der Waals surface area contributed by atoms with Gasteiger partial charge >= 0.3 is 0 Å². The Kier molecular flexibility index (Phi) is 3.92. The van der Waals surface area contributed by atoms with Gasteiger partial charge in [-0.25, -0.2) is 4.39 Å². The molecule has 1 aliphatic rings. The van der Waals surface area contributed by atoms with E-state index in [1.54, 1.807) is 12.1 Å². The van der Waals surface area contributed by atoms with Gasteiger partial charge in [0.05, 0.1) is 6.04 Å². The van der Waals surface area contributed by atoms with E-state index < -0.39 is 0 Å². The molecule has 0 unspecified atom stereocenters. The van der Waals surface area contributed by atoms with Gasteiger partial charge in [-0.05, 0) is 49.0 Å². The molecule has 0 amide bonds. The van der Waals surface area contributed by atoms with Crippen molar-refractivity contribution in [3.8, 4) is 0 Å². The van der Waals surface area contributed by atoms with Gasteiger partial charge in [0.1, 0.15) is 5.82 Å². The first-order chi connectivity index (χ1) is 10.1. The number of nitrogens with zero attached hydrogens (tertiary/aromatic N) is 2. The minimum absolute atomic E-state index is 0.216. The van der Waals surface area contributed by atoms with Crippen molar-refractivity contribution >= 4 is 17.3 Å². The third-order valence-electron chi connectivity index (χ3n) is 3.96. The maximum Gasteiger partial charge on any atom is 0.169 e. The fourth-order valence-corrected chi connectivity index (χ4v) is 3.06. The van der Waals surface area contributed by atoms with E-state index in [1.165, 1.54) is 17.8 Å². The third-order valence-corrected chi connectivity index (χ3v) is 4.34. The average Bonchev–Trinajstić information content (AvgIpc) is 2.96. The Hall–Kier alpha value is -1.88. The lowest BCUT2D eigenvalue weighted by molar-refractivity contribution is 0.269. The molecular formula is C16H18FN3S. The van der Waals surface area contributed by atoms with Gasteiger partial charge in [-0.2, -0.15) is 0 Å². The molecule has 1 atom stereocenters. The molecule has 1 aromatic heterocycles. The summed E-state index contributed by atoms with van der Waals surface area (Å²) < 4.78 is 15.1. The maximum absolute atomic E-state index is 12.9. The van der Waals surface area contributed by atoms with Crippen LogP contribution < -0.4 is 5.32 Å². The molecule has 3 rings (SSSR count). The van der Waals surface area contributed by atoms with Crippen molar-refractivity contribution in [2.75, 3.05) is 6.54 Å².